The fourth-order valence-corrected chi connectivity index (χ4v) is 2.31. The molecule has 0 saturated heterocycles. The van der Waals surface area contributed by atoms with Gasteiger partial charge in [0.25, 0.3) is 0 Å². The number of nitrogens with zero attached hydrogens (tertiary/aromatic N) is 1. The molecule has 0 saturated carbocycles. The third-order valence-corrected chi connectivity index (χ3v) is 3.66. The highest BCUT2D eigenvalue weighted by Crippen LogP contribution is 2.16. The topological polar surface area (TPSA) is 59.3 Å². The van der Waals surface area contributed by atoms with Crippen LogP contribution in [0.15, 0.2) is 24.3 Å². The third kappa shape index (κ3) is 5.30. The zero-order valence-corrected chi connectivity index (χ0v) is 11.2. The van der Waals surface area contributed by atoms with E-state index in [0.717, 1.165) is 6.42 Å². The SMILES string of the molecule is COCCCS(=O)CCOc1ccccc1C#N. The van der Waals surface area contributed by atoms with Crippen LogP contribution in [0, 0.1) is 11.3 Å². The first-order valence-electron chi connectivity index (χ1n) is 5.73. The monoisotopic (exact) mass is 267 g/mol. The second-order valence-corrected chi connectivity index (χ2v) is 5.35. The lowest BCUT2D eigenvalue weighted by atomic mass is 10.2. The first-order chi connectivity index (χ1) is 8.77. The number of nitriles is 1. The molecule has 4 nitrogen and oxygen atoms in total. The van der Waals surface area contributed by atoms with Crippen molar-refractivity contribution in [1.82, 2.24) is 0 Å². The van der Waals surface area contributed by atoms with Crippen LogP contribution in [0.4, 0.5) is 0 Å². The predicted molar refractivity (Wildman–Crippen MR) is 71.0 cm³/mol. The summed E-state index contributed by atoms with van der Waals surface area (Å²) < 4.78 is 21.9. The number of methoxy groups -OCH3 is 1. The zero-order valence-electron chi connectivity index (χ0n) is 10.4. The molecule has 1 atom stereocenters. The Hall–Kier alpha value is -1.38. The maximum atomic E-state index is 11.6. The van der Waals surface area contributed by atoms with Gasteiger partial charge < -0.3 is 9.47 Å². The van der Waals surface area contributed by atoms with E-state index >= 15 is 0 Å². The summed E-state index contributed by atoms with van der Waals surface area (Å²) in [6.45, 7) is 0.988. The molecule has 0 amide bonds. The van der Waals surface area contributed by atoms with Gasteiger partial charge in [-0.1, -0.05) is 12.1 Å². The molecule has 1 aromatic rings. The van der Waals surface area contributed by atoms with Gasteiger partial charge in [-0.05, 0) is 18.6 Å². The van der Waals surface area contributed by atoms with E-state index in [9.17, 15) is 4.21 Å². The highest BCUT2D eigenvalue weighted by Gasteiger charge is 2.03. The molecular formula is C13H17NO3S. The number of hydrogen-bond acceptors (Lipinski definition) is 4. The van der Waals surface area contributed by atoms with Crippen molar-refractivity contribution in [3.63, 3.8) is 0 Å². The van der Waals surface area contributed by atoms with Crippen LogP contribution < -0.4 is 4.74 Å². The molecule has 0 aliphatic carbocycles. The number of ether oxygens (including phenoxy) is 2. The first-order valence-corrected chi connectivity index (χ1v) is 7.22. The summed E-state index contributed by atoms with van der Waals surface area (Å²) in [6, 6.07) is 9.10. The Balaban J connectivity index is 2.29. The summed E-state index contributed by atoms with van der Waals surface area (Å²) in [4.78, 5) is 0. The van der Waals surface area contributed by atoms with Gasteiger partial charge in [-0.15, -0.1) is 0 Å². The Morgan fingerprint density at radius 3 is 2.78 bits per heavy atom. The van der Waals surface area contributed by atoms with Gasteiger partial charge in [0.2, 0.25) is 0 Å². The molecule has 0 aliphatic rings. The lowest BCUT2D eigenvalue weighted by Crippen LogP contribution is -2.12. The van der Waals surface area contributed by atoms with Crippen molar-refractivity contribution < 1.29 is 13.7 Å². The summed E-state index contributed by atoms with van der Waals surface area (Å²) in [5.41, 5.74) is 0.502. The van der Waals surface area contributed by atoms with Crippen LogP contribution in [0.2, 0.25) is 0 Å². The molecule has 5 heteroatoms. The maximum Gasteiger partial charge on any atom is 0.137 e. The minimum Gasteiger partial charge on any atom is -0.491 e. The molecule has 1 unspecified atom stereocenters. The molecule has 0 N–H and O–H groups in total. The first kappa shape index (κ1) is 14.7. The second kappa shape index (κ2) is 8.67. The summed E-state index contributed by atoms with van der Waals surface area (Å²) in [5.74, 6) is 1.65. The van der Waals surface area contributed by atoms with Crippen molar-refractivity contribution in [3.05, 3.63) is 29.8 Å². The van der Waals surface area contributed by atoms with Crippen LogP contribution in [-0.4, -0.2) is 36.0 Å². The molecule has 18 heavy (non-hydrogen) atoms. The molecule has 0 spiro atoms. The van der Waals surface area contributed by atoms with E-state index in [0.29, 0.717) is 36.0 Å². The normalized spacial score (nSPS) is 11.8. The van der Waals surface area contributed by atoms with Gasteiger partial charge in [-0.3, -0.25) is 4.21 Å². The van der Waals surface area contributed by atoms with Gasteiger partial charge >= 0.3 is 0 Å². The Labute approximate surface area is 110 Å². The van der Waals surface area contributed by atoms with Crippen LogP contribution in [0.25, 0.3) is 0 Å². The molecule has 0 aromatic heterocycles. The van der Waals surface area contributed by atoms with E-state index in [2.05, 4.69) is 6.07 Å². The van der Waals surface area contributed by atoms with Crippen molar-refractivity contribution in [2.75, 3.05) is 31.8 Å². The molecule has 1 rings (SSSR count). The Morgan fingerprint density at radius 1 is 1.28 bits per heavy atom. The zero-order chi connectivity index (χ0) is 13.2. The molecular weight excluding hydrogens is 250 g/mol. The molecule has 0 fully saturated rings. The Morgan fingerprint density at radius 2 is 2.06 bits per heavy atom. The van der Waals surface area contributed by atoms with E-state index in [1.54, 1.807) is 25.3 Å². The van der Waals surface area contributed by atoms with E-state index in [4.69, 9.17) is 14.7 Å². The van der Waals surface area contributed by atoms with Crippen LogP contribution in [0.3, 0.4) is 0 Å². The van der Waals surface area contributed by atoms with Crippen LogP contribution in [0.1, 0.15) is 12.0 Å². The number of hydrogen-bond donors (Lipinski definition) is 0. The number of rotatable bonds is 8. The molecule has 0 radical (unpaired) electrons. The minimum absolute atomic E-state index is 0.359. The molecule has 0 bridgehead atoms. The maximum absolute atomic E-state index is 11.6. The summed E-state index contributed by atoms with van der Waals surface area (Å²) >= 11 is 0. The summed E-state index contributed by atoms with van der Waals surface area (Å²) in [7, 11) is 0.738. The van der Waals surface area contributed by atoms with Crippen molar-refractivity contribution in [2.45, 2.75) is 6.42 Å². The van der Waals surface area contributed by atoms with E-state index < -0.39 is 10.8 Å². The number of benzene rings is 1. The van der Waals surface area contributed by atoms with Crippen molar-refractivity contribution in [3.8, 4) is 11.8 Å². The third-order valence-electron chi connectivity index (χ3n) is 2.30. The highest BCUT2D eigenvalue weighted by atomic mass is 32.2. The van der Waals surface area contributed by atoms with Gasteiger partial charge in [-0.25, -0.2) is 0 Å². The van der Waals surface area contributed by atoms with Gasteiger partial charge in [0.1, 0.15) is 11.8 Å². The lowest BCUT2D eigenvalue weighted by Gasteiger charge is -2.07. The van der Waals surface area contributed by atoms with Gasteiger partial charge in [0.15, 0.2) is 0 Å². The fourth-order valence-electron chi connectivity index (χ4n) is 1.40. The van der Waals surface area contributed by atoms with Crippen LogP contribution in [0.5, 0.6) is 5.75 Å². The Bertz CT molecular complexity index is 428. The Kier molecular flexibility index (Phi) is 7.07. The second-order valence-electron chi connectivity index (χ2n) is 3.65. The van der Waals surface area contributed by atoms with Crippen molar-refractivity contribution >= 4 is 10.8 Å². The fraction of sp³-hybridized carbons (Fsp3) is 0.462. The quantitative estimate of drug-likeness (QED) is 0.673. The number of para-hydroxylation sites is 1. The van der Waals surface area contributed by atoms with E-state index in [-0.39, 0.29) is 0 Å². The molecule has 98 valence electrons. The minimum atomic E-state index is -0.892. The van der Waals surface area contributed by atoms with Gasteiger partial charge in [0.05, 0.1) is 17.9 Å². The molecule has 0 aliphatic heterocycles. The van der Waals surface area contributed by atoms with Gasteiger partial charge in [-0.2, -0.15) is 5.26 Å². The van der Waals surface area contributed by atoms with Crippen LogP contribution >= 0.6 is 0 Å². The predicted octanol–water partition coefficient (Wildman–Crippen LogP) is 1.72. The highest BCUT2D eigenvalue weighted by molar-refractivity contribution is 7.84. The molecule has 1 aromatic carbocycles. The standard InChI is InChI=1S/C13H17NO3S/c1-16-7-4-9-18(15)10-8-17-13-6-3-2-5-12(13)11-14/h2-3,5-6H,4,7-10H2,1H3. The summed E-state index contributed by atoms with van der Waals surface area (Å²) in [6.07, 6.45) is 0.790. The summed E-state index contributed by atoms with van der Waals surface area (Å²) in [5, 5.41) is 8.87. The van der Waals surface area contributed by atoms with Gasteiger partial charge in [0, 0.05) is 30.3 Å². The van der Waals surface area contributed by atoms with E-state index in [1.165, 1.54) is 0 Å². The molecule has 0 heterocycles. The lowest BCUT2D eigenvalue weighted by molar-refractivity contribution is 0.200. The largest absolute Gasteiger partial charge is 0.491 e. The van der Waals surface area contributed by atoms with Crippen LogP contribution in [-0.2, 0) is 15.5 Å². The smallest absolute Gasteiger partial charge is 0.137 e. The van der Waals surface area contributed by atoms with Crippen molar-refractivity contribution in [2.24, 2.45) is 0 Å². The van der Waals surface area contributed by atoms with E-state index in [1.807, 2.05) is 6.07 Å². The van der Waals surface area contributed by atoms with Crippen molar-refractivity contribution in [1.29, 1.82) is 5.26 Å². The average Bonchev–Trinajstić information content (AvgIpc) is 2.39. The average molecular weight is 267 g/mol.